The monoisotopic (exact) mass is 429 g/mol. The van der Waals surface area contributed by atoms with Crippen molar-refractivity contribution in [1.82, 2.24) is 24.6 Å². The highest BCUT2D eigenvalue weighted by molar-refractivity contribution is 5.98. The number of likely N-dealkylation sites (tertiary alicyclic amines) is 1. The van der Waals surface area contributed by atoms with Gasteiger partial charge in [0.1, 0.15) is 24.0 Å². The van der Waals surface area contributed by atoms with Crippen molar-refractivity contribution in [1.29, 1.82) is 5.26 Å². The number of hydrogen-bond acceptors (Lipinski definition) is 6. The third-order valence-corrected chi connectivity index (χ3v) is 6.00. The molecule has 1 aliphatic heterocycles. The van der Waals surface area contributed by atoms with Crippen molar-refractivity contribution in [3.63, 3.8) is 0 Å². The number of nitriles is 1. The number of aromatic nitrogens is 4. The van der Waals surface area contributed by atoms with Crippen LogP contribution in [0, 0.1) is 31.1 Å². The number of carbonyl (C=O) groups is 1. The molecule has 3 aromatic rings. The minimum atomic E-state index is 0.00277. The molecule has 1 amide bonds. The van der Waals surface area contributed by atoms with Gasteiger partial charge >= 0.3 is 0 Å². The molecule has 0 bridgehead atoms. The van der Waals surface area contributed by atoms with Crippen LogP contribution in [0.3, 0.4) is 0 Å². The minimum Gasteiger partial charge on any atom is -0.368 e. The molecule has 1 saturated heterocycles. The number of pyridine rings is 1. The summed E-state index contributed by atoms with van der Waals surface area (Å²) in [6.07, 6.45) is 5.24. The van der Waals surface area contributed by atoms with E-state index in [9.17, 15) is 4.79 Å². The maximum Gasteiger partial charge on any atom is 0.256 e. The highest BCUT2D eigenvalue weighted by Gasteiger charge is 2.33. The van der Waals surface area contributed by atoms with Crippen molar-refractivity contribution in [3.05, 3.63) is 65.4 Å². The second kappa shape index (κ2) is 9.18. The Morgan fingerprint density at radius 3 is 2.78 bits per heavy atom. The largest absolute Gasteiger partial charge is 0.368 e. The summed E-state index contributed by atoms with van der Waals surface area (Å²) in [5.74, 6) is 1.71. The van der Waals surface area contributed by atoms with Crippen molar-refractivity contribution in [2.75, 3.05) is 18.4 Å². The van der Waals surface area contributed by atoms with Crippen LogP contribution in [0.2, 0.25) is 0 Å². The minimum absolute atomic E-state index is 0.00277. The van der Waals surface area contributed by atoms with E-state index in [1.807, 2.05) is 36.9 Å². The van der Waals surface area contributed by atoms with Crippen LogP contribution < -0.4 is 5.32 Å². The normalized spacial score (nSPS) is 18.2. The maximum absolute atomic E-state index is 13.8. The van der Waals surface area contributed by atoms with Crippen LogP contribution in [0.4, 0.5) is 5.82 Å². The molecule has 0 spiro atoms. The first-order valence-electron chi connectivity index (χ1n) is 10.9. The quantitative estimate of drug-likeness (QED) is 0.666. The van der Waals surface area contributed by atoms with Crippen LogP contribution in [0.25, 0.3) is 5.69 Å². The van der Waals surface area contributed by atoms with E-state index in [4.69, 9.17) is 5.26 Å². The summed E-state index contributed by atoms with van der Waals surface area (Å²) in [6, 6.07) is 11.5. The smallest absolute Gasteiger partial charge is 0.256 e. The molecule has 8 nitrogen and oxygen atoms in total. The molecule has 0 aliphatic carbocycles. The van der Waals surface area contributed by atoms with Crippen LogP contribution in [-0.4, -0.2) is 49.7 Å². The van der Waals surface area contributed by atoms with Crippen molar-refractivity contribution < 1.29 is 4.79 Å². The molecule has 164 valence electrons. The Kier molecular flexibility index (Phi) is 6.17. The van der Waals surface area contributed by atoms with Gasteiger partial charge in [0.05, 0.1) is 22.9 Å². The van der Waals surface area contributed by atoms with E-state index >= 15 is 0 Å². The number of nitrogens with one attached hydrogen (secondary N) is 1. The zero-order valence-electron chi connectivity index (χ0n) is 18.6. The third-order valence-electron chi connectivity index (χ3n) is 6.00. The lowest BCUT2D eigenvalue weighted by Crippen LogP contribution is -2.51. The van der Waals surface area contributed by atoms with Crippen LogP contribution in [0.5, 0.6) is 0 Å². The fourth-order valence-electron chi connectivity index (χ4n) is 4.22. The Bertz CT molecular complexity index is 1150. The molecule has 8 heteroatoms. The molecule has 1 aliphatic rings. The lowest BCUT2D eigenvalue weighted by atomic mass is 9.89. The van der Waals surface area contributed by atoms with Gasteiger partial charge in [0.2, 0.25) is 0 Å². The van der Waals surface area contributed by atoms with Crippen molar-refractivity contribution in [3.8, 4) is 11.8 Å². The molecule has 4 rings (SSSR count). The van der Waals surface area contributed by atoms with Crippen molar-refractivity contribution in [2.24, 2.45) is 5.92 Å². The number of amides is 1. The third kappa shape index (κ3) is 4.47. The summed E-state index contributed by atoms with van der Waals surface area (Å²) in [5.41, 5.74) is 2.91. The molecule has 1 fully saturated rings. The fraction of sp³-hybridized carbons (Fsp3) is 0.375. The first-order valence-corrected chi connectivity index (χ1v) is 10.9. The average molecular weight is 430 g/mol. The molecular formula is C24H27N7O. The van der Waals surface area contributed by atoms with Gasteiger partial charge in [0, 0.05) is 19.3 Å². The van der Waals surface area contributed by atoms with E-state index in [-0.39, 0.29) is 11.9 Å². The summed E-state index contributed by atoms with van der Waals surface area (Å²) in [7, 11) is 0. The molecule has 2 atom stereocenters. The fourth-order valence-corrected chi connectivity index (χ4v) is 4.22. The number of nitrogens with zero attached hydrogens (tertiary/aromatic N) is 6. The molecule has 1 aromatic carbocycles. The molecule has 1 N–H and O–H groups in total. The van der Waals surface area contributed by atoms with Gasteiger partial charge in [-0.25, -0.2) is 14.6 Å². The average Bonchev–Trinajstić information content (AvgIpc) is 3.24. The molecule has 3 heterocycles. The van der Waals surface area contributed by atoms with Gasteiger partial charge in [-0.05, 0) is 56.9 Å². The molecule has 0 unspecified atom stereocenters. The van der Waals surface area contributed by atoms with Crippen LogP contribution in [0.15, 0.2) is 42.9 Å². The highest BCUT2D eigenvalue weighted by Crippen LogP contribution is 2.27. The zero-order chi connectivity index (χ0) is 22.7. The van der Waals surface area contributed by atoms with Crippen molar-refractivity contribution >= 4 is 11.7 Å². The van der Waals surface area contributed by atoms with Gasteiger partial charge in [-0.3, -0.25) is 4.79 Å². The Balaban J connectivity index is 1.60. The van der Waals surface area contributed by atoms with Gasteiger partial charge in [-0.2, -0.15) is 10.4 Å². The Morgan fingerprint density at radius 1 is 1.25 bits per heavy atom. The number of piperidine rings is 1. The molecule has 0 radical (unpaired) electrons. The zero-order valence-corrected chi connectivity index (χ0v) is 18.6. The number of hydrogen-bond donors (Lipinski definition) is 1. The molecular weight excluding hydrogens is 402 g/mol. The van der Waals surface area contributed by atoms with Gasteiger partial charge in [-0.15, -0.1) is 0 Å². The SMILES string of the molecule is Cc1ccc(-n2cnc(C)n2)c(C(=O)N2CCC[C@@H](C)[C@H]2CNc2ccc(C#N)cn2)c1. The van der Waals surface area contributed by atoms with Crippen LogP contribution >= 0.6 is 0 Å². The summed E-state index contributed by atoms with van der Waals surface area (Å²) in [6.45, 7) is 7.31. The lowest BCUT2D eigenvalue weighted by Gasteiger charge is -2.40. The van der Waals surface area contributed by atoms with E-state index < -0.39 is 0 Å². The Hall–Kier alpha value is -3.73. The first kappa shape index (κ1) is 21.5. The molecule has 0 saturated carbocycles. The number of anilines is 1. The van der Waals surface area contributed by atoms with E-state index in [0.717, 1.165) is 24.1 Å². The lowest BCUT2D eigenvalue weighted by molar-refractivity contribution is 0.0540. The number of benzene rings is 1. The van der Waals surface area contributed by atoms with E-state index in [0.29, 0.717) is 41.8 Å². The second-order valence-electron chi connectivity index (χ2n) is 8.37. The predicted octanol–water partition coefficient (Wildman–Crippen LogP) is 3.50. The first-order chi connectivity index (χ1) is 15.5. The van der Waals surface area contributed by atoms with E-state index in [1.165, 1.54) is 0 Å². The van der Waals surface area contributed by atoms with Gasteiger partial charge in [0.25, 0.3) is 5.91 Å². The summed E-state index contributed by atoms with van der Waals surface area (Å²) in [5, 5.41) is 16.7. The van der Waals surface area contributed by atoms with Crippen molar-refractivity contribution in [2.45, 2.75) is 39.7 Å². The summed E-state index contributed by atoms with van der Waals surface area (Å²) in [4.78, 5) is 24.3. The Labute approximate surface area is 187 Å². The number of aryl methyl sites for hydroxylation is 2. The standard InChI is InChI=1S/C24H27N7O/c1-16-6-8-21(31-15-28-18(3)29-31)20(11-16)24(32)30-10-4-5-17(2)22(30)14-27-23-9-7-19(12-25)13-26-23/h6-9,11,13,15,17,22H,4-5,10,14H2,1-3H3,(H,26,27)/t17-,22-/m1/s1. The molecule has 32 heavy (non-hydrogen) atoms. The Morgan fingerprint density at radius 2 is 2.09 bits per heavy atom. The van der Waals surface area contributed by atoms with Crippen LogP contribution in [0.1, 0.15) is 47.1 Å². The van der Waals surface area contributed by atoms with E-state index in [1.54, 1.807) is 29.3 Å². The number of carbonyl (C=O) groups excluding carboxylic acids is 1. The maximum atomic E-state index is 13.8. The van der Waals surface area contributed by atoms with E-state index in [2.05, 4.69) is 33.4 Å². The second-order valence-corrected chi connectivity index (χ2v) is 8.37. The summed E-state index contributed by atoms with van der Waals surface area (Å²) >= 11 is 0. The van der Waals surface area contributed by atoms with Gasteiger partial charge < -0.3 is 10.2 Å². The van der Waals surface area contributed by atoms with Gasteiger partial charge in [0.15, 0.2) is 0 Å². The molecule has 2 aromatic heterocycles. The topological polar surface area (TPSA) is 99.7 Å². The number of rotatable bonds is 5. The summed E-state index contributed by atoms with van der Waals surface area (Å²) < 4.78 is 1.67. The highest BCUT2D eigenvalue weighted by atomic mass is 16.2. The predicted molar refractivity (Wildman–Crippen MR) is 121 cm³/mol. The van der Waals surface area contributed by atoms with Crippen LogP contribution in [-0.2, 0) is 0 Å². The van der Waals surface area contributed by atoms with Gasteiger partial charge in [-0.1, -0.05) is 18.6 Å².